The molecule has 0 aliphatic carbocycles. The monoisotopic (exact) mass is 398 g/mol. The van der Waals surface area contributed by atoms with Gasteiger partial charge in [-0.25, -0.2) is 4.39 Å². The molecule has 28 heavy (non-hydrogen) atoms. The Bertz CT molecular complexity index is 910. The van der Waals surface area contributed by atoms with E-state index in [-0.39, 0.29) is 30.6 Å². The molecule has 0 radical (unpaired) electrons. The first-order chi connectivity index (χ1) is 13.6. The van der Waals surface area contributed by atoms with Crippen molar-refractivity contribution >= 4 is 23.2 Å². The lowest BCUT2D eigenvalue weighted by molar-refractivity contribution is -0.121. The zero-order chi connectivity index (χ0) is 19.8. The molecule has 0 atom stereocenters. The van der Waals surface area contributed by atoms with Crippen molar-refractivity contribution in [1.29, 1.82) is 0 Å². The van der Waals surface area contributed by atoms with Crippen LogP contribution in [0.4, 0.5) is 4.39 Å². The Labute approximate surface area is 166 Å². The van der Waals surface area contributed by atoms with Gasteiger partial charge in [-0.1, -0.05) is 12.1 Å². The lowest BCUT2D eigenvalue weighted by atomic mass is 10.2. The van der Waals surface area contributed by atoms with Gasteiger partial charge in [0.25, 0.3) is 5.91 Å². The third kappa shape index (κ3) is 5.92. The fourth-order valence-corrected chi connectivity index (χ4v) is 3.02. The van der Waals surface area contributed by atoms with Crippen molar-refractivity contribution < 1.29 is 18.7 Å². The zero-order valence-electron chi connectivity index (χ0n) is 15.0. The van der Waals surface area contributed by atoms with E-state index in [1.54, 1.807) is 35.7 Å². The zero-order valence-corrected chi connectivity index (χ0v) is 15.8. The van der Waals surface area contributed by atoms with Gasteiger partial charge in [0.1, 0.15) is 17.3 Å². The number of thiophene rings is 1. The highest BCUT2D eigenvalue weighted by atomic mass is 32.1. The predicted octanol–water partition coefficient (Wildman–Crippen LogP) is 4.12. The minimum absolute atomic E-state index is 0.141. The number of hydrogen-bond donors (Lipinski definition) is 2. The minimum atomic E-state index is -0.315. The molecular weight excluding hydrogens is 379 g/mol. The molecule has 1 aromatic heterocycles. The molecule has 0 aliphatic heterocycles. The first kappa shape index (κ1) is 19.6. The van der Waals surface area contributed by atoms with Gasteiger partial charge in [-0.05, 0) is 53.4 Å². The SMILES string of the molecule is O=C(CCNC(=O)c1ccsc1)NCc1ccc(Oc2ccc(F)cc2)cc1. The van der Waals surface area contributed by atoms with Crippen LogP contribution < -0.4 is 15.4 Å². The van der Waals surface area contributed by atoms with Crippen LogP contribution in [0.3, 0.4) is 0 Å². The molecule has 3 rings (SSSR count). The van der Waals surface area contributed by atoms with E-state index in [0.717, 1.165) is 5.56 Å². The van der Waals surface area contributed by atoms with Gasteiger partial charge < -0.3 is 15.4 Å². The molecule has 0 aliphatic rings. The van der Waals surface area contributed by atoms with E-state index >= 15 is 0 Å². The molecule has 0 spiro atoms. The molecule has 144 valence electrons. The Balaban J connectivity index is 1.38. The number of ether oxygens (including phenoxy) is 1. The molecule has 0 bridgehead atoms. The number of nitrogens with one attached hydrogen (secondary N) is 2. The molecule has 7 heteroatoms. The van der Waals surface area contributed by atoms with Gasteiger partial charge in [-0.2, -0.15) is 11.3 Å². The molecular formula is C21H19FN2O3S. The van der Waals surface area contributed by atoms with Gasteiger partial charge in [0.05, 0.1) is 0 Å². The highest BCUT2D eigenvalue weighted by Gasteiger charge is 2.07. The molecule has 0 saturated heterocycles. The van der Waals surface area contributed by atoms with Crippen molar-refractivity contribution in [1.82, 2.24) is 10.6 Å². The standard InChI is InChI=1S/C21H19FN2O3S/c22-17-3-7-19(8-4-17)27-18-5-1-15(2-6-18)13-24-20(25)9-11-23-21(26)16-10-12-28-14-16/h1-8,10,12,14H,9,11,13H2,(H,23,26)(H,24,25). The maximum absolute atomic E-state index is 12.9. The number of benzene rings is 2. The normalized spacial score (nSPS) is 10.3. The minimum Gasteiger partial charge on any atom is -0.457 e. The number of carbonyl (C=O) groups excluding carboxylic acids is 2. The van der Waals surface area contributed by atoms with E-state index < -0.39 is 0 Å². The summed E-state index contributed by atoms with van der Waals surface area (Å²) in [4.78, 5) is 23.7. The van der Waals surface area contributed by atoms with E-state index in [9.17, 15) is 14.0 Å². The molecule has 0 unspecified atom stereocenters. The summed E-state index contributed by atoms with van der Waals surface area (Å²) in [5.74, 6) is 0.539. The number of carbonyl (C=O) groups is 2. The first-order valence-corrected chi connectivity index (χ1v) is 9.64. The summed E-state index contributed by atoms with van der Waals surface area (Å²) in [5.41, 5.74) is 1.52. The van der Waals surface area contributed by atoms with Crippen LogP contribution in [0.15, 0.2) is 65.4 Å². The molecule has 2 aromatic carbocycles. The molecule has 0 saturated carbocycles. The van der Waals surface area contributed by atoms with Crippen molar-refractivity contribution in [3.8, 4) is 11.5 Å². The topological polar surface area (TPSA) is 67.4 Å². The third-order valence-corrected chi connectivity index (χ3v) is 4.57. The summed E-state index contributed by atoms with van der Waals surface area (Å²) in [7, 11) is 0. The highest BCUT2D eigenvalue weighted by molar-refractivity contribution is 7.08. The summed E-state index contributed by atoms with van der Waals surface area (Å²) >= 11 is 1.45. The maximum atomic E-state index is 12.9. The van der Waals surface area contributed by atoms with Crippen LogP contribution in [-0.4, -0.2) is 18.4 Å². The van der Waals surface area contributed by atoms with Gasteiger partial charge in [0.15, 0.2) is 0 Å². The van der Waals surface area contributed by atoms with Crippen LogP contribution in [0.2, 0.25) is 0 Å². The third-order valence-electron chi connectivity index (χ3n) is 3.88. The molecule has 5 nitrogen and oxygen atoms in total. The number of hydrogen-bond acceptors (Lipinski definition) is 4. The second-order valence-electron chi connectivity index (χ2n) is 5.99. The Morgan fingerprint density at radius 1 is 0.929 bits per heavy atom. The van der Waals surface area contributed by atoms with Crippen LogP contribution in [0.1, 0.15) is 22.3 Å². The fraction of sp³-hybridized carbons (Fsp3) is 0.143. The predicted molar refractivity (Wildman–Crippen MR) is 106 cm³/mol. The van der Waals surface area contributed by atoms with E-state index in [2.05, 4.69) is 10.6 Å². The highest BCUT2D eigenvalue weighted by Crippen LogP contribution is 2.21. The van der Waals surface area contributed by atoms with Gasteiger partial charge in [-0.15, -0.1) is 0 Å². The van der Waals surface area contributed by atoms with Crippen LogP contribution >= 0.6 is 11.3 Å². The average Bonchev–Trinajstić information content (AvgIpc) is 3.24. The van der Waals surface area contributed by atoms with Crippen LogP contribution in [-0.2, 0) is 11.3 Å². The Morgan fingerprint density at radius 2 is 1.61 bits per heavy atom. The quantitative estimate of drug-likeness (QED) is 0.600. The molecule has 0 fully saturated rings. The van der Waals surface area contributed by atoms with E-state index in [1.807, 2.05) is 17.5 Å². The van der Waals surface area contributed by atoms with Crippen molar-refractivity contribution in [2.45, 2.75) is 13.0 Å². The number of rotatable bonds is 8. The largest absolute Gasteiger partial charge is 0.457 e. The smallest absolute Gasteiger partial charge is 0.252 e. The Kier molecular flexibility index (Phi) is 6.75. The lowest BCUT2D eigenvalue weighted by Crippen LogP contribution is -2.30. The fourth-order valence-electron chi connectivity index (χ4n) is 2.39. The van der Waals surface area contributed by atoms with Crippen molar-refractivity contribution in [2.24, 2.45) is 0 Å². The summed E-state index contributed by atoms with van der Waals surface area (Å²) in [6.45, 7) is 0.666. The van der Waals surface area contributed by atoms with Crippen LogP contribution in [0, 0.1) is 5.82 Å². The molecule has 1 heterocycles. The van der Waals surface area contributed by atoms with Crippen molar-refractivity contribution in [2.75, 3.05) is 6.54 Å². The van der Waals surface area contributed by atoms with E-state index in [4.69, 9.17) is 4.74 Å². The summed E-state index contributed by atoms with van der Waals surface area (Å²) < 4.78 is 18.5. The van der Waals surface area contributed by atoms with Gasteiger partial charge in [0, 0.05) is 30.5 Å². The summed E-state index contributed by atoms with van der Waals surface area (Å²) in [6, 6.07) is 14.8. The Morgan fingerprint density at radius 3 is 2.25 bits per heavy atom. The molecule has 2 amide bonds. The van der Waals surface area contributed by atoms with E-state index in [1.165, 1.54) is 23.5 Å². The number of halogens is 1. The second kappa shape index (κ2) is 9.66. The first-order valence-electron chi connectivity index (χ1n) is 8.69. The van der Waals surface area contributed by atoms with Gasteiger partial charge in [-0.3, -0.25) is 9.59 Å². The van der Waals surface area contributed by atoms with Crippen LogP contribution in [0.25, 0.3) is 0 Å². The van der Waals surface area contributed by atoms with Gasteiger partial charge in [0.2, 0.25) is 5.91 Å². The van der Waals surface area contributed by atoms with Crippen LogP contribution in [0.5, 0.6) is 11.5 Å². The summed E-state index contributed by atoms with van der Waals surface area (Å²) in [5, 5.41) is 9.12. The molecule has 2 N–H and O–H groups in total. The Hall–Kier alpha value is -3.19. The number of amides is 2. The second-order valence-corrected chi connectivity index (χ2v) is 6.77. The summed E-state index contributed by atoms with van der Waals surface area (Å²) in [6.07, 6.45) is 0.210. The molecule has 3 aromatic rings. The maximum Gasteiger partial charge on any atom is 0.252 e. The van der Waals surface area contributed by atoms with E-state index in [0.29, 0.717) is 23.6 Å². The van der Waals surface area contributed by atoms with Crippen molar-refractivity contribution in [3.05, 3.63) is 82.3 Å². The average molecular weight is 398 g/mol. The van der Waals surface area contributed by atoms with Gasteiger partial charge >= 0.3 is 0 Å². The van der Waals surface area contributed by atoms with Crippen molar-refractivity contribution in [3.63, 3.8) is 0 Å². The lowest BCUT2D eigenvalue weighted by Gasteiger charge is -2.08.